The number of hydrogen-bond donors (Lipinski definition) is 2. The number of carbonyl (C=O) groups excluding carboxylic acids is 2. The quantitative estimate of drug-likeness (QED) is 0.244. The Kier molecular flexibility index (Phi) is 9.87. The van der Waals surface area contributed by atoms with Crippen LogP contribution in [0, 0.1) is 0 Å². The Labute approximate surface area is 246 Å². The van der Waals surface area contributed by atoms with Gasteiger partial charge in [0.2, 0.25) is 11.8 Å². The zero-order valence-electron chi connectivity index (χ0n) is 23.7. The van der Waals surface area contributed by atoms with Gasteiger partial charge < -0.3 is 10.6 Å². The van der Waals surface area contributed by atoms with Crippen LogP contribution in [0.15, 0.2) is 78.9 Å². The molecule has 3 aromatic carbocycles. The molecule has 0 aliphatic heterocycles. The minimum Gasteiger partial charge on any atom is -0.353 e. The number of benzene rings is 3. The van der Waals surface area contributed by atoms with E-state index in [9.17, 15) is 35.9 Å². The summed E-state index contributed by atoms with van der Waals surface area (Å²) in [5.41, 5.74) is -2.37. The van der Waals surface area contributed by atoms with Crippen molar-refractivity contribution >= 4 is 11.8 Å². The number of hydrogen-bond acceptors (Lipinski definition) is 2. The van der Waals surface area contributed by atoms with Crippen molar-refractivity contribution in [1.82, 2.24) is 10.6 Å². The second kappa shape index (κ2) is 13.2. The third-order valence-electron chi connectivity index (χ3n) is 8.13. The van der Waals surface area contributed by atoms with E-state index in [1.54, 1.807) is 30.3 Å². The fraction of sp³-hybridized carbons (Fsp3) is 0.394. The number of nitrogens with one attached hydrogen (secondary N) is 2. The van der Waals surface area contributed by atoms with Gasteiger partial charge in [-0.3, -0.25) is 9.59 Å². The second-order valence-electron chi connectivity index (χ2n) is 11.2. The first kappa shape index (κ1) is 32.1. The first-order valence-electron chi connectivity index (χ1n) is 14.3. The Morgan fingerprint density at radius 1 is 0.837 bits per heavy atom. The van der Waals surface area contributed by atoms with E-state index >= 15 is 0 Å². The maximum absolute atomic E-state index is 13.8. The van der Waals surface area contributed by atoms with Crippen LogP contribution in [0.5, 0.6) is 0 Å². The van der Waals surface area contributed by atoms with Crippen LogP contribution < -0.4 is 10.6 Å². The molecule has 1 aliphatic rings. The maximum atomic E-state index is 13.8. The van der Waals surface area contributed by atoms with Crippen molar-refractivity contribution in [3.63, 3.8) is 0 Å². The summed E-state index contributed by atoms with van der Waals surface area (Å²) in [7, 11) is 0. The Bertz CT molecular complexity index is 1350. The fourth-order valence-electron chi connectivity index (χ4n) is 5.70. The lowest BCUT2D eigenvalue weighted by molar-refractivity contribution is -0.143. The fourth-order valence-corrected chi connectivity index (χ4v) is 5.70. The molecule has 0 saturated heterocycles. The monoisotopic (exact) mass is 604 g/mol. The molecule has 43 heavy (non-hydrogen) atoms. The molecule has 0 bridgehead atoms. The van der Waals surface area contributed by atoms with Gasteiger partial charge in [0.25, 0.3) is 0 Å². The van der Waals surface area contributed by atoms with Gasteiger partial charge in [-0.25, -0.2) is 0 Å². The molecule has 0 aromatic heterocycles. The minimum atomic E-state index is -4.99. The van der Waals surface area contributed by atoms with Gasteiger partial charge in [-0.05, 0) is 80.3 Å². The van der Waals surface area contributed by atoms with Crippen molar-refractivity contribution < 1.29 is 35.9 Å². The normalized spacial score (nSPS) is 19.8. The molecule has 2 N–H and O–H groups in total. The van der Waals surface area contributed by atoms with Crippen molar-refractivity contribution in [2.45, 2.75) is 81.7 Å². The molecule has 0 spiro atoms. The largest absolute Gasteiger partial charge is 0.416 e. The highest BCUT2D eigenvalue weighted by molar-refractivity contribution is 5.89. The van der Waals surface area contributed by atoms with E-state index in [-0.39, 0.29) is 23.6 Å². The van der Waals surface area contributed by atoms with Crippen molar-refractivity contribution in [3.05, 3.63) is 107 Å². The van der Waals surface area contributed by atoms with Crippen molar-refractivity contribution in [3.8, 4) is 0 Å². The predicted molar refractivity (Wildman–Crippen MR) is 151 cm³/mol. The van der Waals surface area contributed by atoms with Crippen LogP contribution in [-0.4, -0.2) is 17.9 Å². The Morgan fingerprint density at radius 3 is 1.91 bits per heavy atom. The molecule has 1 unspecified atom stereocenters. The number of carbonyl (C=O) groups is 2. The average molecular weight is 605 g/mol. The Balaban J connectivity index is 1.46. The zero-order chi connectivity index (χ0) is 31.3. The summed E-state index contributed by atoms with van der Waals surface area (Å²) >= 11 is 0. The van der Waals surface area contributed by atoms with Crippen LogP contribution >= 0.6 is 0 Å². The molecule has 4 rings (SSSR count). The first-order valence-corrected chi connectivity index (χ1v) is 14.3. The number of halogens is 6. The Hall–Kier alpha value is -3.82. The minimum absolute atomic E-state index is 0.0702. The molecular formula is C33H34F6N2O2. The summed E-state index contributed by atoms with van der Waals surface area (Å²) in [6, 6.07) is 18.9. The molecule has 1 aliphatic carbocycles. The summed E-state index contributed by atoms with van der Waals surface area (Å²) in [5.74, 6) is -0.555. The second-order valence-corrected chi connectivity index (χ2v) is 11.2. The zero-order valence-corrected chi connectivity index (χ0v) is 23.7. The number of aryl methyl sites for hydroxylation is 1. The topological polar surface area (TPSA) is 58.2 Å². The van der Waals surface area contributed by atoms with Crippen molar-refractivity contribution in [2.24, 2.45) is 0 Å². The van der Waals surface area contributed by atoms with Gasteiger partial charge in [0.1, 0.15) is 0 Å². The highest BCUT2D eigenvalue weighted by atomic mass is 19.4. The van der Waals surface area contributed by atoms with E-state index in [4.69, 9.17) is 0 Å². The van der Waals surface area contributed by atoms with Crippen LogP contribution in [0.3, 0.4) is 0 Å². The van der Waals surface area contributed by atoms with Gasteiger partial charge in [-0.1, -0.05) is 60.7 Å². The van der Waals surface area contributed by atoms with E-state index in [1.165, 1.54) is 6.92 Å². The van der Waals surface area contributed by atoms with Gasteiger partial charge in [-0.2, -0.15) is 26.3 Å². The van der Waals surface area contributed by atoms with Gasteiger partial charge in [0.05, 0.1) is 22.6 Å². The Morgan fingerprint density at radius 2 is 1.37 bits per heavy atom. The van der Waals surface area contributed by atoms with E-state index in [2.05, 4.69) is 10.6 Å². The molecule has 0 radical (unpaired) electrons. The molecule has 4 nitrogen and oxygen atoms in total. The van der Waals surface area contributed by atoms with Crippen molar-refractivity contribution in [1.29, 1.82) is 0 Å². The molecule has 10 heteroatoms. The standard InChI is InChI=1S/C33H34F6N2O2/c1-22(24-19-26(32(34,35)36)21-27(20-24)33(37,38)39)40-30(43)31(25-12-6-3-7-13-25)17-15-28(16-18-31)41-29(42)14-8-11-23-9-4-2-5-10-23/h2-7,9-10,12-13,19-22,28H,8,11,14-18H2,1H3,(H,40,43)(H,41,42). The summed E-state index contributed by atoms with van der Waals surface area (Å²) in [4.78, 5) is 26.4. The van der Waals surface area contributed by atoms with Gasteiger partial charge in [0, 0.05) is 12.5 Å². The molecule has 3 aromatic rings. The van der Waals surface area contributed by atoms with E-state index < -0.39 is 40.8 Å². The third-order valence-corrected chi connectivity index (χ3v) is 8.13. The molecule has 0 heterocycles. The highest BCUT2D eigenvalue weighted by Gasteiger charge is 2.44. The van der Waals surface area contributed by atoms with Crippen molar-refractivity contribution in [2.75, 3.05) is 0 Å². The molecule has 230 valence electrons. The summed E-state index contributed by atoms with van der Waals surface area (Å²) < 4.78 is 80.5. The first-order chi connectivity index (χ1) is 20.3. The highest BCUT2D eigenvalue weighted by Crippen LogP contribution is 2.41. The van der Waals surface area contributed by atoms with Gasteiger partial charge in [0.15, 0.2) is 0 Å². The number of amides is 2. The molecule has 1 saturated carbocycles. The van der Waals surface area contributed by atoms with Crippen LogP contribution in [0.1, 0.15) is 79.3 Å². The maximum Gasteiger partial charge on any atom is 0.416 e. The summed E-state index contributed by atoms with van der Waals surface area (Å²) in [5, 5.41) is 5.76. The van der Waals surface area contributed by atoms with Crippen LogP contribution in [0.2, 0.25) is 0 Å². The lowest BCUT2D eigenvalue weighted by Crippen LogP contribution is -2.50. The summed E-state index contributed by atoms with van der Waals surface area (Å²) in [6.45, 7) is 1.37. The number of alkyl halides is 6. The SMILES string of the molecule is CC(NC(=O)C1(c2ccccc2)CCC(NC(=O)CCCc2ccccc2)CC1)c1cc(C(F)(F)F)cc(C(F)(F)F)c1. The molecule has 1 fully saturated rings. The average Bonchev–Trinajstić information content (AvgIpc) is 2.97. The lowest BCUT2D eigenvalue weighted by atomic mass is 9.67. The summed E-state index contributed by atoms with van der Waals surface area (Å²) in [6.07, 6.45) is -6.46. The van der Waals surface area contributed by atoms with Crippen LogP contribution in [0.4, 0.5) is 26.3 Å². The predicted octanol–water partition coefficient (Wildman–Crippen LogP) is 7.92. The van der Waals surface area contributed by atoms with Crippen LogP contribution in [-0.2, 0) is 33.8 Å². The van der Waals surface area contributed by atoms with Gasteiger partial charge in [-0.15, -0.1) is 0 Å². The van der Waals surface area contributed by atoms with E-state index in [1.807, 2.05) is 30.3 Å². The van der Waals surface area contributed by atoms with E-state index in [0.717, 1.165) is 12.0 Å². The third kappa shape index (κ3) is 8.18. The van der Waals surface area contributed by atoms with E-state index in [0.29, 0.717) is 56.2 Å². The molecular weight excluding hydrogens is 570 g/mol. The van der Waals surface area contributed by atoms with Gasteiger partial charge >= 0.3 is 12.4 Å². The molecule has 1 atom stereocenters. The number of rotatable bonds is 9. The smallest absolute Gasteiger partial charge is 0.353 e. The lowest BCUT2D eigenvalue weighted by Gasteiger charge is -2.40. The van der Waals surface area contributed by atoms with Crippen LogP contribution in [0.25, 0.3) is 0 Å². The molecule has 2 amide bonds.